The number of benzene rings is 2. The first kappa shape index (κ1) is 14.8. The van der Waals surface area contributed by atoms with Crippen molar-refractivity contribution < 1.29 is 9.13 Å². The van der Waals surface area contributed by atoms with E-state index in [1.165, 1.54) is 12.1 Å². The van der Waals surface area contributed by atoms with Gasteiger partial charge in [0.1, 0.15) is 11.6 Å². The lowest BCUT2D eigenvalue weighted by Crippen LogP contribution is -2.19. The van der Waals surface area contributed by atoms with Crippen LogP contribution in [0.5, 0.6) is 5.75 Å². The Bertz CT molecular complexity index is 588. The molecular formula is C16H17ClFNO. The second-order valence-electron chi connectivity index (χ2n) is 4.58. The minimum atomic E-state index is -0.323. The van der Waals surface area contributed by atoms with Crippen molar-refractivity contribution in [3.63, 3.8) is 0 Å². The molecular weight excluding hydrogens is 277 g/mol. The average molecular weight is 294 g/mol. The molecule has 2 aromatic carbocycles. The molecule has 1 atom stereocenters. The Hall–Kier alpha value is -1.58. The molecule has 0 radical (unpaired) electrons. The fourth-order valence-electron chi connectivity index (χ4n) is 2.06. The van der Waals surface area contributed by atoms with E-state index in [4.69, 9.17) is 16.3 Å². The number of hydrogen-bond donors (Lipinski definition) is 1. The summed E-state index contributed by atoms with van der Waals surface area (Å²) in [5, 5.41) is 3.80. The first-order valence-electron chi connectivity index (χ1n) is 6.42. The van der Waals surface area contributed by atoms with Gasteiger partial charge in [0.25, 0.3) is 0 Å². The molecule has 0 unspecified atom stereocenters. The summed E-state index contributed by atoms with van der Waals surface area (Å²) in [4.78, 5) is 0. The summed E-state index contributed by atoms with van der Waals surface area (Å²) in [6.07, 6.45) is 0. The van der Waals surface area contributed by atoms with Gasteiger partial charge in [0.15, 0.2) is 0 Å². The lowest BCUT2D eigenvalue weighted by molar-refractivity contribution is 0.401. The van der Waals surface area contributed by atoms with Crippen LogP contribution in [0.4, 0.5) is 4.39 Å². The first-order valence-corrected chi connectivity index (χ1v) is 6.80. The van der Waals surface area contributed by atoms with Gasteiger partial charge >= 0.3 is 0 Å². The number of halogens is 2. The molecule has 2 rings (SSSR count). The van der Waals surface area contributed by atoms with Crippen LogP contribution in [0.1, 0.15) is 24.1 Å². The molecule has 0 fully saturated rings. The SMILES string of the molecule is COc1ccccc1[C@H](C)NCc1ccc(F)cc1Cl. The number of rotatable bonds is 5. The molecule has 0 aliphatic rings. The highest BCUT2D eigenvalue weighted by Gasteiger charge is 2.11. The summed E-state index contributed by atoms with van der Waals surface area (Å²) < 4.78 is 18.3. The van der Waals surface area contributed by atoms with Gasteiger partial charge in [-0.1, -0.05) is 35.9 Å². The third-order valence-electron chi connectivity index (χ3n) is 3.22. The Morgan fingerprint density at radius 3 is 2.70 bits per heavy atom. The van der Waals surface area contributed by atoms with Crippen molar-refractivity contribution in [2.24, 2.45) is 0 Å². The molecule has 2 nitrogen and oxygen atoms in total. The predicted octanol–water partition coefficient (Wildman–Crippen LogP) is 4.34. The van der Waals surface area contributed by atoms with Gasteiger partial charge in [0.05, 0.1) is 7.11 Å². The average Bonchev–Trinajstić information content (AvgIpc) is 2.46. The van der Waals surface area contributed by atoms with Crippen LogP contribution in [0.15, 0.2) is 42.5 Å². The number of methoxy groups -OCH3 is 1. The molecule has 0 saturated carbocycles. The van der Waals surface area contributed by atoms with Gasteiger partial charge in [-0.15, -0.1) is 0 Å². The number of ether oxygens (including phenoxy) is 1. The van der Waals surface area contributed by atoms with Gasteiger partial charge in [0.2, 0.25) is 0 Å². The standard InChI is InChI=1S/C16H17ClFNO/c1-11(14-5-3-4-6-16(14)20-2)19-10-12-7-8-13(18)9-15(12)17/h3-9,11,19H,10H2,1-2H3/t11-/m0/s1. The van der Waals surface area contributed by atoms with E-state index >= 15 is 0 Å². The monoisotopic (exact) mass is 293 g/mol. The molecule has 2 aromatic rings. The van der Waals surface area contributed by atoms with Crippen molar-refractivity contribution in [3.8, 4) is 5.75 Å². The fourth-order valence-corrected chi connectivity index (χ4v) is 2.30. The third kappa shape index (κ3) is 3.50. The Kier molecular flexibility index (Phi) is 4.99. The molecule has 0 aliphatic carbocycles. The van der Waals surface area contributed by atoms with Crippen molar-refractivity contribution in [1.82, 2.24) is 5.32 Å². The van der Waals surface area contributed by atoms with Crippen LogP contribution in [-0.4, -0.2) is 7.11 Å². The highest BCUT2D eigenvalue weighted by atomic mass is 35.5. The number of hydrogen-bond acceptors (Lipinski definition) is 2. The van der Waals surface area contributed by atoms with Crippen LogP contribution >= 0.6 is 11.6 Å². The fraction of sp³-hybridized carbons (Fsp3) is 0.250. The Balaban J connectivity index is 2.06. The highest BCUT2D eigenvalue weighted by Crippen LogP contribution is 2.25. The molecule has 1 N–H and O–H groups in total. The van der Waals surface area contributed by atoms with Crippen molar-refractivity contribution >= 4 is 11.6 Å². The molecule has 0 aliphatic heterocycles. The van der Waals surface area contributed by atoms with E-state index in [1.54, 1.807) is 13.2 Å². The summed E-state index contributed by atoms with van der Waals surface area (Å²) >= 11 is 6.01. The van der Waals surface area contributed by atoms with E-state index in [0.29, 0.717) is 11.6 Å². The van der Waals surface area contributed by atoms with Crippen LogP contribution in [0.3, 0.4) is 0 Å². The summed E-state index contributed by atoms with van der Waals surface area (Å²) in [7, 11) is 1.66. The van der Waals surface area contributed by atoms with E-state index in [1.807, 2.05) is 24.3 Å². The van der Waals surface area contributed by atoms with Gasteiger partial charge in [-0.2, -0.15) is 0 Å². The van der Waals surface area contributed by atoms with Crippen molar-refractivity contribution in [3.05, 3.63) is 64.4 Å². The van der Waals surface area contributed by atoms with Gasteiger partial charge in [-0.3, -0.25) is 0 Å². The van der Waals surface area contributed by atoms with E-state index < -0.39 is 0 Å². The maximum absolute atomic E-state index is 13.0. The Morgan fingerprint density at radius 1 is 1.25 bits per heavy atom. The number of nitrogens with one attached hydrogen (secondary N) is 1. The molecule has 0 spiro atoms. The smallest absolute Gasteiger partial charge is 0.124 e. The van der Waals surface area contributed by atoms with Crippen molar-refractivity contribution in [2.75, 3.05) is 7.11 Å². The van der Waals surface area contributed by atoms with E-state index in [0.717, 1.165) is 16.9 Å². The van der Waals surface area contributed by atoms with Crippen LogP contribution in [0, 0.1) is 5.82 Å². The molecule has 0 amide bonds. The minimum absolute atomic E-state index is 0.104. The predicted molar refractivity (Wildman–Crippen MR) is 79.7 cm³/mol. The topological polar surface area (TPSA) is 21.3 Å². The lowest BCUT2D eigenvalue weighted by Gasteiger charge is -2.17. The second kappa shape index (κ2) is 6.73. The van der Waals surface area contributed by atoms with Gasteiger partial charge < -0.3 is 10.1 Å². The molecule has 0 saturated heterocycles. The largest absolute Gasteiger partial charge is 0.496 e. The molecule has 0 aromatic heterocycles. The second-order valence-corrected chi connectivity index (χ2v) is 4.99. The van der Waals surface area contributed by atoms with Crippen LogP contribution in [-0.2, 0) is 6.54 Å². The molecule has 0 heterocycles. The van der Waals surface area contributed by atoms with Gasteiger partial charge in [-0.25, -0.2) is 4.39 Å². The summed E-state index contributed by atoms with van der Waals surface area (Å²) in [6, 6.07) is 12.4. The highest BCUT2D eigenvalue weighted by molar-refractivity contribution is 6.31. The van der Waals surface area contributed by atoms with Crippen molar-refractivity contribution in [1.29, 1.82) is 0 Å². The Morgan fingerprint density at radius 2 is 2.00 bits per heavy atom. The van der Waals surface area contributed by atoms with E-state index in [-0.39, 0.29) is 11.9 Å². The summed E-state index contributed by atoms with van der Waals surface area (Å²) in [5.74, 6) is 0.522. The van der Waals surface area contributed by atoms with Crippen LogP contribution < -0.4 is 10.1 Å². The van der Waals surface area contributed by atoms with E-state index in [2.05, 4.69) is 12.2 Å². The quantitative estimate of drug-likeness (QED) is 0.885. The zero-order valence-corrected chi connectivity index (χ0v) is 12.2. The zero-order chi connectivity index (χ0) is 14.5. The van der Waals surface area contributed by atoms with Crippen LogP contribution in [0.25, 0.3) is 0 Å². The van der Waals surface area contributed by atoms with E-state index in [9.17, 15) is 4.39 Å². The third-order valence-corrected chi connectivity index (χ3v) is 3.57. The maximum atomic E-state index is 13.0. The zero-order valence-electron chi connectivity index (χ0n) is 11.5. The van der Waals surface area contributed by atoms with Gasteiger partial charge in [-0.05, 0) is 30.7 Å². The first-order chi connectivity index (χ1) is 9.61. The number of para-hydroxylation sites is 1. The van der Waals surface area contributed by atoms with Crippen LogP contribution in [0.2, 0.25) is 5.02 Å². The van der Waals surface area contributed by atoms with Crippen molar-refractivity contribution in [2.45, 2.75) is 19.5 Å². The Labute approximate surface area is 123 Å². The molecule has 20 heavy (non-hydrogen) atoms. The summed E-state index contributed by atoms with van der Waals surface area (Å²) in [6.45, 7) is 2.62. The summed E-state index contributed by atoms with van der Waals surface area (Å²) in [5.41, 5.74) is 1.95. The molecule has 4 heteroatoms. The minimum Gasteiger partial charge on any atom is -0.496 e. The molecule has 106 valence electrons. The normalized spacial score (nSPS) is 12.2. The lowest BCUT2D eigenvalue weighted by atomic mass is 10.1. The maximum Gasteiger partial charge on any atom is 0.124 e. The molecule has 0 bridgehead atoms. The van der Waals surface area contributed by atoms with Gasteiger partial charge in [0, 0.05) is 23.2 Å².